The van der Waals surface area contributed by atoms with E-state index in [9.17, 15) is 10.1 Å². The maximum atomic E-state index is 11.2. The highest BCUT2D eigenvalue weighted by atomic mass is 32.2. The molecule has 6 heteroatoms. The topological polar surface area (TPSA) is 82.3 Å². The average molecular weight is 280 g/mol. The Morgan fingerprint density at radius 3 is 2.89 bits per heavy atom. The lowest BCUT2D eigenvalue weighted by Gasteiger charge is -2.17. The number of aliphatic carboxylic acids is 1. The van der Waals surface area contributed by atoms with Gasteiger partial charge >= 0.3 is 5.97 Å². The SMILES string of the molecule is COCCC(Nc1cccc(SC)c1C#N)C(=O)O. The minimum Gasteiger partial charge on any atom is -0.480 e. The van der Waals surface area contributed by atoms with Crippen LogP contribution in [0, 0.1) is 11.3 Å². The van der Waals surface area contributed by atoms with Crippen LogP contribution >= 0.6 is 11.8 Å². The van der Waals surface area contributed by atoms with Crippen molar-refractivity contribution >= 4 is 23.4 Å². The molecule has 19 heavy (non-hydrogen) atoms. The minimum atomic E-state index is -0.963. The first-order valence-corrected chi connectivity index (χ1v) is 6.91. The van der Waals surface area contributed by atoms with E-state index in [2.05, 4.69) is 11.4 Å². The lowest BCUT2D eigenvalue weighted by atomic mass is 10.1. The Bertz CT molecular complexity index is 485. The van der Waals surface area contributed by atoms with Gasteiger partial charge in [0.15, 0.2) is 0 Å². The van der Waals surface area contributed by atoms with Crippen LogP contribution in [0.1, 0.15) is 12.0 Å². The molecule has 0 aliphatic heterocycles. The summed E-state index contributed by atoms with van der Waals surface area (Å²) < 4.78 is 4.89. The molecule has 0 amide bonds. The first kappa shape index (κ1) is 15.3. The van der Waals surface area contributed by atoms with E-state index < -0.39 is 12.0 Å². The quantitative estimate of drug-likeness (QED) is 0.745. The van der Waals surface area contributed by atoms with Crippen molar-refractivity contribution in [3.8, 4) is 6.07 Å². The molecule has 1 rings (SSSR count). The van der Waals surface area contributed by atoms with Gasteiger partial charge in [0.1, 0.15) is 12.1 Å². The first-order valence-electron chi connectivity index (χ1n) is 5.69. The van der Waals surface area contributed by atoms with Crippen molar-refractivity contribution < 1.29 is 14.6 Å². The zero-order valence-electron chi connectivity index (χ0n) is 10.8. The highest BCUT2D eigenvalue weighted by Gasteiger charge is 2.19. The smallest absolute Gasteiger partial charge is 0.326 e. The van der Waals surface area contributed by atoms with Gasteiger partial charge < -0.3 is 15.2 Å². The average Bonchev–Trinajstić information content (AvgIpc) is 2.42. The number of carbonyl (C=O) groups is 1. The third kappa shape index (κ3) is 4.16. The van der Waals surface area contributed by atoms with Crippen LogP contribution < -0.4 is 5.32 Å². The van der Waals surface area contributed by atoms with Crippen LogP contribution in [-0.2, 0) is 9.53 Å². The van der Waals surface area contributed by atoms with E-state index in [0.29, 0.717) is 24.3 Å². The number of rotatable bonds is 7. The highest BCUT2D eigenvalue weighted by molar-refractivity contribution is 7.98. The predicted octanol–water partition coefficient (Wildman–Crippen LogP) is 2.18. The molecule has 1 aromatic carbocycles. The van der Waals surface area contributed by atoms with E-state index in [4.69, 9.17) is 9.84 Å². The Kier molecular flexibility index (Phi) is 6.19. The summed E-state index contributed by atoms with van der Waals surface area (Å²) in [6, 6.07) is 6.67. The minimum absolute atomic E-state index is 0.334. The van der Waals surface area contributed by atoms with Gasteiger partial charge in [0.25, 0.3) is 0 Å². The molecular formula is C13H16N2O3S. The highest BCUT2D eigenvalue weighted by Crippen LogP contribution is 2.27. The number of carboxylic acid groups (broad SMARTS) is 1. The third-order valence-corrected chi connectivity index (χ3v) is 3.38. The van der Waals surface area contributed by atoms with Gasteiger partial charge in [-0.1, -0.05) is 6.07 Å². The number of benzene rings is 1. The summed E-state index contributed by atoms with van der Waals surface area (Å²) in [5.41, 5.74) is 1.01. The van der Waals surface area contributed by atoms with Crippen molar-refractivity contribution in [1.29, 1.82) is 5.26 Å². The molecule has 0 radical (unpaired) electrons. The molecule has 1 atom stereocenters. The Labute approximate surface area is 116 Å². The van der Waals surface area contributed by atoms with Crippen molar-refractivity contribution in [2.45, 2.75) is 17.4 Å². The van der Waals surface area contributed by atoms with Crippen LogP contribution in [0.5, 0.6) is 0 Å². The first-order chi connectivity index (χ1) is 9.13. The van der Waals surface area contributed by atoms with Gasteiger partial charge in [-0.15, -0.1) is 11.8 Å². The number of ether oxygens (including phenoxy) is 1. The van der Waals surface area contributed by atoms with Crippen molar-refractivity contribution in [1.82, 2.24) is 0 Å². The summed E-state index contributed by atoms with van der Waals surface area (Å²) in [5.74, 6) is -0.963. The normalized spacial score (nSPS) is 11.6. The molecule has 0 bridgehead atoms. The van der Waals surface area contributed by atoms with Gasteiger partial charge in [0, 0.05) is 25.0 Å². The summed E-state index contributed by atoms with van der Waals surface area (Å²) in [7, 11) is 1.52. The molecule has 2 N–H and O–H groups in total. The molecule has 0 spiro atoms. The summed E-state index contributed by atoms with van der Waals surface area (Å²) >= 11 is 1.45. The van der Waals surface area contributed by atoms with Crippen molar-refractivity contribution in [2.75, 3.05) is 25.3 Å². The van der Waals surface area contributed by atoms with Gasteiger partial charge in [0.05, 0.1) is 11.3 Å². The van der Waals surface area contributed by atoms with E-state index in [1.807, 2.05) is 12.3 Å². The fourth-order valence-electron chi connectivity index (χ4n) is 1.62. The molecule has 0 aliphatic rings. The van der Waals surface area contributed by atoms with Gasteiger partial charge in [-0.05, 0) is 18.4 Å². The number of carboxylic acids is 1. The van der Waals surface area contributed by atoms with E-state index in [-0.39, 0.29) is 0 Å². The van der Waals surface area contributed by atoms with E-state index in [1.54, 1.807) is 12.1 Å². The largest absolute Gasteiger partial charge is 0.480 e. The van der Waals surface area contributed by atoms with Gasteiger partial charge in [-0.25, -0.2) is 4.79 Å². The lowest BCUT2D eigenvalue weighted by Crippen LogP contribution is -2.30. The van der Waals surface area contributed by atoms with Crippen LogP contribution in [0.4, 0.5) is 5.69 Å². The predicted molar refractivity (Wildman–Crippen MR) is 74.5 cm³/mol. The fourth-order valence-corrected chi connectivity index (χ4v) is 2.19. The second-order valence-electron chi connectivity index (χ2n) is 3.81. The standard InChI is InChI=1S/C13H16N2O3S/c1-18-7-6-11(13(16)17)15-10-4-3-5-12(19-2)9(10)8-14/h3-5,11,15H,6-7H2,1-2H3,(H,16,17). The van der Waals surface area contributed by atoms with E-state index in [1.165, 1.54) is 18.9 Å². The molecule has 0 aromatic heterocycles. The second-order valence-corrected chi connectivity index (χ2v) is 4.66. The maximum Gasteiger partial charge on any atom is 0.326 e. The monoisotopic (exact) mass is 280 g/mol. The van der Waals surface area contributed by atoms with Crippen LogP contribution in [0.2, 0.25) is 0 Å². The number of nitriles is 1. The Morgan fingerprint density at radius 2 is 2.37 bits per heavy atom. The Balaban J connectivity index is 2.96. The molecule has 0 saturated heterocycles. The van der Waals surface area contributed by atoms with Crippen molar-refractivity contribution in [3.05, 3.63) is 23.8 Å². The number of hydrogen-bond donors (Lipinski definition) is 2. The number of nitrogens with zero attached hydrogens (tertiary/aromatic N) is 1. The fraction of sp³-hybridized carbons (Fsp3) is 0.385. The lowest BCUT2D eigenvalue weighted by molar-refractivity contribution is -0.138. The summed E-state index contributed by atoms with van der Waals surface area (Å²) in [4.78, 5) is 12.0. The number of thioether (sulfide) groups is 1. The maximum absolute atomic E-state index is 11.2. The molecule has 0 saturated carbocycles. The van der Waals surface area contributed by atoms with Gasteiger partial charge in [0.2, 0.25) is 0 Å². The van der Waals surface area contributed by atoms with Crippen molar-refractivity contribution in [2.24, 2.45) is 0 Å². The number of methoxy groups -OCH3 is 1. The number of nitrogens with one attached hydrogen (secondary N) is 1. The molecule has 0 fully saturated rings. The number of anilines is 1. The summed E-state index contributed by atoms with van der Waals surface area (Å²) in [6.45, 7) is 0.341. The number of hydrogen-bond acceptors (Lipinski definition) is 5. The van der Waals surface area contributed by atoms with Crippen LogP contribution in [0.3, 0.4) is 0 Å². The van der Waals surface area contributed by atoms with E-state index >= 15 is 0 Å². The van der Waals surface area contributed by atoms with Gasteiger partial charge in [-0.2, -0.15) is 5.26 Å². The zero-order chi connectivity index (χ0) is 14.3. The molecule has 0 heterocycles. The van der Waals surface area contributed by atoms with Gasteiger partial charge in [-0.3, -0.25) is 0 Å². The Hall–Kier alpha value is -1.71. The van der Waals surface area contributed by atoms with Crippen LogP contribution in [-0.4, -0.2) is 37.1 Å². The summed E-state index contributed by atoms with van der Waals surface area (Å²) in [5, 5.41) is 21.2. The summed E-state index contributed by atoms with van der Waals surface area (Å²) in [6.07, 6.45) is 2.21. The molecule has 5 nitrogen and oxygen atoms in total. The second kappa shape index (κ2) is 7.67. The van der Waals surface area contributed by atoms with Crippen LogP contribution in [0.15, 0.2) is 23.1 Å². The van der Waals surface area contributed by atoms with Crippen molar-refractivity contribution in [3.63, 3.8) is 0 Å². The third-order valence-electron chi connectivity index (χ3n) is 2.60. The molecular weight excluding hydrogens is 264 g/mol. The van der Waals surface area contributed by atoms with E-state index in [0.717, 1.165) is 4.90 Å². The van der Waals surface area contributed by atoms with Crippen LogP contribution in [0.25, 0.3) is 0 Å². The Morgan fingerprint density at radius 1 is 1.63 bits per heavy atom. The zero-order valence-corrected chi connectivity index (χ0v) is 11.7. The molecule has 102 valence electrons. The molecule has 0 aliphatic carbocycles. The molecule has 1 aromatic rings. The molecule has 1 unspecified atom stereocenters.